The van der Waals surface area contributed by atoms with E-state index in [0.29, 0.717) is 12.5 Å². The van der Waals surface area contributed by atoms with Crippen LogP contribution in [-0.4, -0.2) is 50.1 Å². The highest BCUT2D eigenvalue weighted by atomic mass is 127. The second-order valence-corrected chi connectivity index (χ2v) is 6.20. The first kappa shape index (κ1) is 22.2. The number of hydrogen-bond acceptors (Lipinski definition) is 5. The molecule has 25 heavy (non-hydrogen) atoms. The van der Waals surface area contributed by atoms with Crippen molar-refractivity contribution in [3.8, 4) is 0 Å². The standard InChI is InChI=1S/C17H30N4O3.HI/c1-4-18-17(19-7-5-8-23-14-6-9-22-12-14)20-11-15-10-16(13(2)3)21-24-15;/h10,13-14H,4-9,11-12H2,1-3H3,(H2,18,19,20);1H. The number of ether oxygens (including phenoxy) is 2. The van der Waals surface area contributed by atoms with Gasteiger partial charge in [0, 0.05) is 32.4 Å². The highest BCUT2D eigenvalue weighted by Gasteiger charge is 2.15. The zero-order valence-corrected chi connectivity index (χ0v) is 17.7. The molecule has 1 fully saturated rings. The summed E-state index contributed by atoms with van der Waals surface area (Å²) in [5, 5.41) is 10.6. The summed E-state index contributed by atoms with van der Waals surface area (Å²) in [6.07, 6.45) is 2.21. The monoisotopic (exact) mass is 466 g/mol. The maximum atomic E-state index is 5.75. The summed E-state index contributed by atoms with van der Waals surface area (Å²) in [5.74, 6) is 1.92. The van der Waals surface area contributed by atoms with Gasteiger partial charge in [-0.25, -0.2) is 4.99 Å². The Bertz CT molecular complexity index is 502. The molecular weight excluding hydrogens is 435 g/mol. The Labute approximate surface area is 167 Å². The smallest absolute Gasteiger partial charge is 0.191 e. The van der Waals surface area contributed by atoms with Crippen LogP contribution in [0.4, 0.5) is 0 Å². The zero-order valence-electron chi connectivity index (χ0n) is 15.4. The largest absolute Gasteiger partial charge is 0.379 e. The van der Waals surface area contributed by atoms with Crippen molar-refractivity contribution in [2.75, 3.05) is 32.9 Å². The predicted molar refractivity (Wildman–Crippen MR) is 109 cm³/mol. The van der Waals surface area contributed by atoms with E-state index < -0.39 is 0 Å². The average molecular weight is 466 g/mol. The van der Waals surface area contributed by atoms with Gasteiger partial charge in [0.1, 0.15) is 6.54 Å². The fraction of sp³-hybridized carbons (Fsp3) is 0.765. The van der Waals surface area contributed by atoms with Gasteiger partial charge in [0.05, 0.1) is 18.4 Å². The molecule has 1 atom stereocenters. The van der Waals surface area contributed by atoms with Gasteiger partial charge in [-0.05, 0) is 25.7 Å². The van der Waals surface area contributed by atoms with Gasteiger partial charge >= 0.3 is 0 Å². The van der Waals surface area contributed by atoms with Gasteiger partial charge in [-0.2, -0.15) is 0 Å². The van der Waals surface area contributed by atoms with E-state index >= 15 is 0 Å². The Kier molecular flexibility index (Phi) is 11.1. The third-order valence-electron chi connectivity index (χ3n) is 3.76. The van der Waals surface area contributed by atoms with Crippen LogP contribution >= 0.6 is 24.0 Å². The van der Waals surface area contributed by atoms with E-state index in [2.05, 4.69) is 34.6 Å². The van der Waals surface area contributed by atoms with Crippen molar-refractivity contribution in [2.45, 2.75) is 52.2 Å². The van der Waals surface area contributed by atoms with Crippen LogP contribution in [0.25, 0.3) is 0 Å². The molecule has 0 amide bonds. The molecule has 8 heteroatoms. The number of hydrogen-bond donors (Lipinski definition) is 2. The van der Waals surface area contributed by atoms with Gasteiger partial charge in [-0.3, -0.25) is 0 Å². The van der Waals surface area contributed by atoms with Crippen LogP contribution < -0.4 is 10.6 Å². The lowest BCUT2D eigenvalue weighted by atomic mass is 10.1. The van der Waals surface area contributed by atoms with E-state index in [1.165, 1.54) is 0 Å². The quantitative estimate of drug-likeness (QED) is 0.252. The highest BCUT2D eigenvalue weighted by Crippen LogP contribution is 2.14. The molecule has 144 valence electrons. The van der Waals surface area contributed by atoms with Crippen LogP contribution in [0.15, 0.2) is 15.6 Å². The first-order valence-electron chi connectivity index (χ1n) is 8.86. The summed E-state index contributed by atoms with van der Waals surface area (Å²) in [6.45, 7) is 10.6. The molecule has 1 unspecified atom stereocenters. The third-order valence-corrected chi connectivity index (χ3v) is 3.76. The molecule has 7 nitrogen and oxygen atoms in total. The van der Waals surface area contributed by atoms with Gasteiger partial charge in [0.15, 0.2) is 11.7 Å². The molecular formula is C17H31IN4O3. The Morgan fingerprint density at radius 3 is 2.92 bits per heavy atom. The third kappa shape index (κ3) is 8.37. The van der Waals surface area contributed by atoms with Crippen LogP contribution in [0.2, 0.25) is 0 Å². The fourth-order valence-corrected chi connectivity index (χ4v) is 2.35. The summed E-state index contributed by atoms with van der Waals surface area (Å²) >= 11 is 0. The molecule has 0 aliphatic carbocycles. The summed E-state index contributed by atoms with van der Waals surface area (Å²) < 4.78 is 16.4. The van der Waals surface area contributed by atoms with E-state index in [4.69, 9.17) is 14.0 Å². The number of nitrogens with zero attached hydrogens (tertiary/aromatic N) is 2. The lowest BCUT2D eigenvalue weighted by Crippen LogP contribution is -2.38. The Balaban J connectivity index is 0.00000312. The molecule has 2 N–H and O–H groups in total. The van der Waals surface area contributed by atoms with Crippen molar-refractivity contribution in [2.24, 2.45) is 4.99 Å². The average Bonchev–Trinajstić information content (AvgIpc) is 3.23. The fourth-order valence-electron chi connectivity index (χ4n) is 2.35. The SMILES string of the molecule is CCNC(=NCc1cc(C(C)C)no1)NCCCOC1CCOC1.I. The van der Waals surface area contributed by atoms with Crippen molar-refractivity contribution in [1.82, 2.24) is 15.8 Å². The van der Waals surface area contributed by atoms with E-state index in [-0.39, 0.29) is 30.1 Å². The van der Waals surface area contributed by atoms with Gasteiger partial charge in [-0.1, -0.05) is 19.0 Å². The molecule has 1 aromatic rings. The summed E-state index contributed by atoms with van der Waals surface area (Å²) in [5.41, 5.74) is 0.964. The molecule has 1 aliphatic rings. The number of nitrogens with one attached hydrogen (secondary N) is 2. The molecule has 0 saturated carbocycles. The van der Waals surface area contributed by atoms with Crippen LogP contribution in [0.3, 0.4) is 0 Å². The van der Waals surface area contributed by atoms with Crippen molar-refractivity contribution >= 4 is 29.9 Å². The molecule has 0 spiro atoms. The Morgan fingerprint density at radius 1 is 1.44 bits per heavy atom. The lowest BCUT2D eigenvalue weighted by molar-refractivity contribution is 0.0420. The second kappa shape index (κ2) is 12.5. The second-order valence-electron chi connectivity index (χ2n) is 6.20. The van der Waals surface area contributed by atoms with Crippen molar-refractivity contribution < 1.29 is 14.0 Å². The van der Waals surface area contributed by atoms with Crippen molar-refractivity contribution in [1.29, 1.82) is 0 Å². The summed E-state index contributed by atoms with van der Waals surface area (Å²) in [6, 6.07) is 1.97. The topological polar surface area (TPSA) is 80.9 Å². The van der Waals surface area contributed by atoms with Crippen molar-refractivity contribution in [3.05, 3.63) is 17.5 Å². The number of aliphatic imine (C=N–C) groups is 1. The maximum absolute atomic E-state index is 5.75. The van der Waals surface area contributed by atoms with Gasteiger partial charge in [0.2, 0.25) is 0 Å². The van der Waals surface area contributed by atoms with Crippen LogP contribution in [0.1, 0.15) is 51.0 Å². The molecule has 1 saturated heterocycles. The molecule has 1 aromatic heterocycles. The maximum Gasteiger partial charge on any atom is 0.191 e. The minimum absolute atomic E-state index is 0. The Hall–Kier alpha value is -0.870. The predicted octanol–water partition coefficient (Wildman–Crippen LogP) is 2.67. The zero-order chi connectivity index (χ0) is 17.2. The Morgan fingerprint density at radius 2 is 2.28 bits per heavy atom. The molecule has 2 rings (SSSR count). The molecule has 1 aliphatic heterocycles. The highest BCUT2D eigenvalue weighted by molar-refractivity contribution is 14.0. The van der Waals surface area contributed by atoms with E-state index in [1.807, 2.05) is 13.0 Å². The van der Waals surface area contributed by atoms with Gasteiger partial charge in [-0.15, -0.1) is 24.0 Å². The minimum Gasteiger partial charge on any atom is -0.379 e. The number of guanidine groups is 1. The lowest BCUT2D eigenvalue weighted by Gasteiger charge is -2.12. The van der Waals surface area contributed by atoms with Gasteiger partial charge < -0.3 is 24.6 Å². The van der Waals surface area contributed by atoms with Crippen LogP contribution in [0.5, 0.6) is 0 Å². The summed E-state index contributed by atoms with van der Waals surface area (Å²) in [4.78, 5) is 4.53. The first-order valence-corrected chi connectivity index (χ1v) is 8.86. The number of aromatic nitrogens is 1. The molecule has 0 aromatic carbocycles. The minimum atomic E-state index is 0. The van der Waals surface area contributed by atoms with Crippen LogP contribution in [0, 0.1) is 0 Å². The molecule has 0 bridgehead atoms. The first-order chi connectivity index (χ1) is 11.7. The van der Waals surface area contributed by atoms with E-state index in [9.17, 15) is 0 Å². The summed E-state index contributed by atoms with van der Waals surface area (Å²) in [7, 11) is 0. The molecule has 0 radical (unpaired) electrons. The molecule has 2 heterocycles. The normalized spacial score (nSPS) is 17.6. The van der Waals surface area contributed by atoms with Crippen LogP contribution in [-0.2, 0) is 16.0 Å². The van der Waals surface area contributed by atoms with E-state index in [1.54, 1.807) is 0 Å². The van der Waals surface area contributed by atoms with Crippen molar-refractivity contribution in [3.63, 3.8) is 0 Å². The van der Waals surface area contributed by atoms with Gasteiger partial charge in [0.25, 0.3) is 0 Å². The number of rotatable bonds is 9. The number of halogens is 1. The van der Waals surface area contributed by atoms with E-state index in [0.717, 1.165) is 63.2 Å².